The second-order valence-corrected chi connectivity index (χ2v) is 5.95. The van der Waals surface area contributed by atoms with Gasteiger partial charge in [-0.15, -0.1) is 0 Å². The molecule has 1 heterocycles. The maximum Gasteiger partial charge on any atom is 0.246 e. The van der Waals surface area contributed by atoms with Gasteiger partial charge in [0.1, 0.15) is 17.5 Å². The monoisotopic (exact) mass is 310 g/mol. The van der Waals surface area contributed by atoms with Crippen molar-refractivity contribution < 1.29 is 26.3 Å². The molecule has 0 aromatic heterocycles. The highest BCUT2D eigenvalue weighted by Gasteiger charge is 2.26. The van der Waals surface area contributed by atoms with Crippen molar-refractivity contribution in [1.82, 2.24) is 10.0 Å². The number of rotatable bonds is 4. The molecule has 1 unspecified atom stereocenters. The minimum Gasteiger partial charge on any atom is -0.374 e. The third kappa shape index (κ3) is 3.48. The van der Waals surface area contributed by atoms with Gasteiger partial charge in [0.15, 0.2) is 4.90 Å². The van der Waals surface area contributed by atoms with Crippen LogP contribution in [0.5, 0.6) is 0 Å². The van der Waals surface area contributed by atoms with Crippen LogP contribution in [0.15, 0.2) is 17.0 Å². The van der Waals surface area contributed by atoms with Crippen LogP contribution in [-0.4, -0.2) is 40.8 Å². The van der Waals surface area contributed by atoms with Gasteiger partial charge in [-0.2, -0.15) is 0 Å². The highest BCUT2D eigenvalue weighted by molar-refractivity contribution is 7.89. The molecule has 1 fully saturated rings. The first-order valence-electron chi connectivity index (χ1n) is 5.86. The minimum atomic E-state index is -4.41. The predicted octanol–water partition coefficient (Wildman–Crippen LogP) is 0.371. The van der Waals surface area contributed by atoms with Gasteiger partial charge in [-0.25, -0.2) is 26.3 Å². The molecule has 1 aromatic carbocycles. The average molecular weight is 310 g/mol. The van der Waals surface area contributed by atoms with Crippen LogP contribution in [0.1, 0.15) is 0 Å². The van der Waals surface area contributed by atoms with Crippen LogP contribution in [0, 0.1) is 17.5 Å². The third-order valence-corrected chi connectivity index (χ3v) is 4.21. The molecule has 0 spiro atoms. The molecule has 112 valence electrons. The molecule has 1 saturated heterocycles. The first kappa shape index (κ1) is 15.2. The lowest BCUT2D eigenvalue weighted by molar-refractivity contribution is 0.0324. The maximum absolute atomic E-state index is 13.4. The molecule has 20 heavy (non-hydrogen) atoms. The lowest BCUT2D eigenvalue weighted by atomic mass is 10.3. The van der Waals surface area contributed by atoms with Crippen LogP contribution in [0.25, 0.3) is 0 Å². The molecular weight excluding hydrogens is 297 g/mol. The summed E-state index contributed by atoms with van der Waals surface area (Å²) in [6.45, 7) is 1.37. The second kappa shape index (κ2) is 6.08. The van der Waals surface area contributed by atoms with E-state index in [0.717, 1.165) is 0 Å². The number of ether oxygens (including phenoxy) is 1. The Morgan fingerprint density at radius 3 is 2.50 bits per heavy atom. The Labute approximate surface area is 114 Å². The highest BCUT2D eigenvalue weighted by Crippen LogP contribution is 2.19. The van der Waals surface area contributed by atoms with Crippen molar-refractivity contribution in [2.75, 3.05) is 26.2 Å². The van der Waals surface area contributed by atoms with E-state index in [2.05, 4.69) is 10.0 Å². The van der Waals surface area contributed by atoms with E-state index in [1.807, 2.05) is 0 Å². The summed E-state index contributed by atoms with van der Waals surface area (Å²) in [6.07, 6.45) is -0.426. The molecule has 1 aromatic rings. The number of sulfonamides is 1. The molecular formula is C11H13F3N2O3S. The van der Waals surface area contributed by atoms with E-state index >= 15 is 0 Å². The Hall–Kier alpha value is -1.16. The van der Waals surface area contributed by atoms with Crippen molar-refractivity contribution >= 4 is 10.0 Å². The predicted molar refractivity (Wildman–Crippen MR) is 64.1 cm³/mol. The van der Waals surface area contributed by atoms with E-state index in [1.54, 1.807) is 0 Å². The summed E-state index contributed by atoms with van der Waals surface area (Å²) in [7, 11) is -4.41. The normalized spacial score (nSPS) is 20.1. The van der Waals surface area contributed by atoms with E-state index in [0.29, 0.717) is 31.8 Å². The number of benzene rings is 1. The van der Waals surface area contributed by atoms with E-state index in [4.69, 9.17) is 4.74 Å². The van der Waals surface area contributed by atoms with Gasteiger partial charge in [0, 0.05) is 31.8 Å². The molecule has 0 aliphatic carbocycles. The van der Waals surface area contributed by atoms with Crippen LogP contribution >= 0.6 is 0 Å². The maximum atomic E-state index is 13.4. The summed E-state index contributed by atoms with van der Waals surface area (Å²) >= 11 is 0. The Kier molecular flexibility index (Phi) is 4.63. The zero-order valence-corrected chi connectivity index (χ0v) is 11.1. The lowest BCUT2D eigenvalue weighted by Crippen LogP contribution is -2.45. The van der Waals surface area contributed by atoms with Crippen LogP contribution in [0.2, 0.25) is 0 Å². The van der Waals surface area contributed by atoms with Gasteiger partial charge in [0.05, 0.1) is 12.7 Å². The summed E-state index contributed by atoms with van der Waals surface area (Å²) in [6, 6.07) is 0.632. The molecule has 5 nitrogen and oxygen atoms in total. The van der Waals surface area contributed by atoms with Crippen LogP contribution in [0.3, 0.4) is 0 Å². The largest absolute Gasteiger partial charge is 0.374 e. The van der Waals surface area contributed by atoms with Crippen LogP contribution in [0.4, 0.5) is 13.2 Å². The van der Waals surface area contributed by atoms with Gasteiger partial charge in [-0.05, 0) is 0 Å². The van der Waals surface area contributed by atoms with E-state index in [-0.39, 0.29) is 6.54 Å². The van der Waals surface area contributed by atoms with Crippen molar-refractivity contribution in [3.63, 3.8) is 0 Å². The van der Waals surface area contributed by atoms with Crippen molar-refractivity contribution in [3.05, 3.63) is 29.6 Å². The Bertz CT molecular complexity index is 566. The van der Waals surface area contributed by atoms with Crippen LogP contribution < -0.4 is 10.0 Å². The van der Waals surface area contributed by atoms with E-state index in [9.17, 15) is 21.6 Å². The number of halogens is 3. The van der Waals surface area contributed by atoms with Gasteiger partial charge in [0.2, 0.25) is 10.0 Å². The summed E-state index contributed by atoms with van der Waals surface area (Å²) in [5.41, 5.74) is 0. The minimum absolute atomic E-state index is 0.133. The number of nitrogens with one attached hydrogen (secondary N) is 2. The fourth-order valence-corrected chi connectivity index (χ4v) is 2.99. The topological polar surface area (TPSA) is 67.4 Å². The molecule has 0 amide bonds. The standard InChI is InChI=1S/C11H13F3N2O3S/c12-7-3-9(13)11(10(14)4-7)20(17,18)16-6-8-5-15-1-2-19-8/h3-4,8,15-16H,1-2,5-6H2. The number of hydrogen-bond donors (Lipinski definition) is 2. The molecule has 0 saturated carbocycles. The molecule has 0 radical (unpaired) electrons. The second-order valence-electron chi connectivity index (χ2n) is 4.25. The Morgan fingerprint density at radius 2 is 1.95 bits per heavy atom. The fourth-order valence-electron chi connectivity index (χ4n) is 1.81. The quantitative estimate of drug-likeness (QED) is 0.843. The third-order valence-electron chi connectivity index (χ3n) is 2.74. The fraction of sp³-hybridized carbons (Fsp3) is 0.455. The lowest BCUT2D eigenvalue weighted by Gasteiger charge is -2.23. The first-order valence-corrected chi connectivity index (χ1v) is 7.35. The summed E-state index contributed by atoms with van der Waals surface area (Å²) in [4.78, 5) is -1.19. The van der Waals surface area contributed by atoms with Gasteiger partial charge in [-0.1, -0.05) is 0 Å². The Morgan fingerprint density at radius 1 is 1.30 bits per heavy atom. The summed E-state index contributed by atoms with van der Waals surface area (Å²) in [5, 5.41) is 2.98. The highest BCUT2D eigenvalue weighted by atomic mass is 32.2. The number of hydrogen-bond acceptors (Lipinski definition) is 4. The molecule has 2 rings (SSSR count). The first-order chi connectivity index (χ1) is 9.40. The molecule has 0 bridgehead atoms. The SMILES string of the molecule is O=S(=O)(NCC1CNCCO1)c1c(F)cc(F)cc1F. The van der Waals surface area contributed by atoms with Crippen molar-refractivity contribution in [1.29, 1.82) is 0 Å². The molecule has 1 aliphatic rings. The van der Waals surface area contributed by atoms with Crippen LogP contribution in [-0.2, 0) is 14.8 Å². The van der Waals surface area contributed by atoms with Crippen molar-refractivity contribution in [2.24, 2.45) is 0 Å². The van der Waals surface area contributed by atoms with Crippen molar-refractivity contribution in [2.45, 2.75) is 11.0 Å². The molecule has 1 aliphatic heterocycles. The van der Waals surface area contributed by atoms with Crippen molar-refractivity contribution in [3.8, 4) is 0 Å². The van der Waals surface area contributed by atoms with Gasteiger partial charge < -0.3 is 10.1 Å². The molecule has 1 atom stereocenters. The smallest absolute Gasteiger partial charge is 0.246 e. The van der Waals surface area contributed by atoms with E-state index in [1.165, 1.54) is 0 Å². The zero-order chi connectivity index (χ0) is 14.8. The number of morpholine rings is 1. The summed E-state index contributed by atoms with van der Waals surface area (Å²) in [5.74, 6) is -4.13. The van der Waals surface area contributed by atoms with Gasteiger partial charge >= 0.3 is 0 Å². The Balaban J connectivity index is 2.14. The van der Waals surface area contributed by atoms with E-state index < -0.39 is 38.5 Å². The molecule has 2 N–H and O–H groups in total. The molecule has 9 heteroatoms. The van der Waals surface area contributed by atoms with Gasteiger partial charge in [-0.3, -0.25) is 0 Å². The zero-order valence-electron chi connectivity index (χ0n) is 10.3. The summed E-state index contributed by atoms with van der Waals surface area (Å²) < 4.78 is 70.6. The van der Waals surface area contributed by atoms with Gasteiger partial charge in [0.25, 0.3) is 0 Å². The average Bonchev–Trinajstić information content (AvgIpc) is 2.36.